The molecule has 5 heteroatoms. The van der Waals surface area contributed by atoms with E-state index in [0.29, 0.717) is 19.0 Å². The molecule has 0 spiro atoms. The SMILES string of the molecule is Cc1cc(C)c(OCCOc2ccc(C(=O)O)cc2)c(Br)c1. The highest BCUT2D eigenvalue weighted by Gasteiger charge is 2.06. The van der Waals surface area contributed by atoms with Crippen LogP contribution in [0.2, 0.25) is 0 Å². The minimum atomic E-state index is -0.949. The van der Waals surface area contributed by atoms with Crippen molar-refractivity contribution in [2.45, 2.75) is 13.8 Å². The summed E-state index contributed by atoms with van der Waals surface area (Å²) in [6.45, 7) is 4.82. The molecule has 0 fully saturated rings. The number of aryl methyl sites for hydroxylation is 2. The maximum atomic E-state index is 10.8. The van der Waals surface area contributed by atoms with Crippen molar-refractivity contribution < 1.29 is 19.4 Å². The molecular formula is C17H17BrO4. The average molecular weight is 365 g/mol. The average Bonchev–Trinajstić information content (AvgIpc) is 2.46. The van der Waals surface area contributed by atoms with E-state index in [1.54, 1.807) is 12.1 Å². The first-order valence-electron chi connectivity index (χ1n) is 6.83. The minimum Gasteiger partial charge on any atom is -0.490 e. The third-order valence-electron chi connectivity index (χ3n) is 3.07. The first kappa shape index (κ1) is 16.4. The van der Waals surface area contributed by atoms with E-state index in [9.17, 15) is 4.79 Å². The summed E-state index contributed by atoms with van der Waals surface area (Å²) in [6, 6.07) is 10.4. The fourth-order valence-electron chi connectivity index (χ4n) is 2.08. The van der Waals surface area contributed by atoms with E-state index in [2.05, 4.69) is 22.0 Å². The van der Waals surface area contributed by atoms with Crippen molar-refractivity contribution in [3.05, 3.63) is 57.6 Å². The molecule has 2 aromatic rings. The molecular weight excluding hydrogens is 348 g/mol. The van der Waals surface area contributed by atoms with E-state index in [1.165, 1.54) is 17.7 Å². The third kappa shape index (κ3) is 4.24. The van der Waals surface area contributed by atoms with Gasteiger partial charge in [0.2, 0.25) is 0 Å². The van der Waals surface area contributed by atoms with E-state index < -0.39 is 5.97 Å². The van der Waals surface area contributed by atoms with Crippen molar-refractivity contribution >= 4 is 21.9 Å². The number of hydrogen-bond acceptors (Lipinski definition) is 3. The largest absolute Gasteiger partial charge is 0.490 e. The molecule has 0 atom stereocenters. The van der Waals surface area contributed by atoms with Gasteiger partial charge in [-0.25, -0.2) is 4.79 Å². The number of carboxylic acids is 1. The van der Waals surface area contributed by atoms with Gasteiger partial charge in [-0.1, -0.05) is 6.07 Å². The second kappa shape index (κ2) is 7.31. The van der Waals surface area contributed by atoms with Gasteiger partial charge in [-0.3, -0.25) is 0 Å². The molecule has 0 radical (unpaired) electrons. The quantitative estimate of drug-likeness (QED) is 0.779. The van der Waals surface area contributed by atoms with Crippen LogP contribution in [0.25, 0.3) is 0 Å². The van der Waals surface area contributed by atoms with Crippen LogP contribution in [0.1, 0.15) is 21.5 Å². The summed E-state index contributed by atoms with van der Waals surface area (Å²) in [5.74, 6) is 0.485. The van der Waals surface area contributed by atoms with Crippen LogP contribution < -0.4 is 9.47 Å². The van der Waals surface area contributed by atoms with Crippen molar-refractivity contribution in [3.63, 3.8) is 0 Å². The van der Waals surface area contributed by atoms with Crippen molar-refractivity contribution in [1.82, 2.24) is 0 Å². The molecule has 1 N–H and O–H groups in total. The van der Waals surface area contributed by atoms with Gasteiger partial charge in [-0.2, -0.15) is 0 Å². The molecule has 0 bridgehead atoms. The first-order valence-corrected chi connectivity index (χ1v) is 7.62. The maximum Gasteiger partial charge on any atom is 0.335 e. The van der Waals surface area contributed by atoms with Gasteiger partial charge in [0.15, 0.2) is 0 Å². The van der Waals surface area contributed by atoms with Crippen LogP contribution in [0.3, 0.4) is 0 Å². The molecule has 0 amide bonds. The molecule has 22 heavy (non-hydrogen) atoms. The van der Waals surface area contributed by atoms with Gasteiger partial charge in [0.05, 0.1) is 10.0 Å². The van der Waals surface area contributed by atoms with Gasteiger partial charge in [0.25, 0.3) is 0 Å². The van der Waals surface area contributed by atoms with Crippen molar-refractivity contribution in [2.24, 2.45) is 0 Å². The van der Waals surface area contributed by atoms with Gasteiger partial charge in [-0.05, 0) is 71.2 Å². The minimum absolute atomic E-state index is 0.239. The van der Waals surface area contributed by atoms with Crippen molar-refractivity contribution in [2.75, 3.05) is 13.2 Å². The lowest BCUT2D eigenvalue weighted by Gasteiger charge is -2.13. The second-order valence-electron chi connectivity index (χ2n) is 4.92. The maximum absolute atomic E-state index is 10.8. The Bertz CT molecular complexity index is 642. The van der Waals surface area contributed by atoms with Gasteiger partial charge < -0.3 is 14.6 Å². The fraction of sp³-hybridized carbons (Fsp3) is 0.235. The van der Waals surface area contributed by atoms with E-state index in [4.69, 9.17) is 14.6 Å². The standard InChI is InChI=1S/C17H17BrO4/c1-11-9-12(2)16(15(18)10-11)22-8-7-21-14-5-3-13(4-6-14)17(19)20/h3-6,9-10H,7-8H2,1-2H3,(H,19,20). The molecule has 0 aliphatic rings. The first-order chi connectivity index (χ1) is 10.5. The summed E-state index contributed by atoms with van der Waals surface area (Å²) in [7, 11) is 0. The zero-order chi connectivity index (χ0) is 16.1. The van der Waals surface area contributed by atoms with Crippen LogP contribution in [-0.4, -0.2) is 24.3 Å². The van der Waals surface area contributed by atoms with Crippen LogP contribution in [0.5, 0.6) is 11.5 Å². The van der Waals surface area contributed by atoms with Gasteiger partial charge in [0.1, 0.15) is 24.7 Å². The lowest BCUT2D eigenvalue weighted by atomic mass is 10.1. The summed E-state index contributed by atoms with van der Waals surface area (Å²) >= 11 is 3.50. The summed E-state index contributed by atoms with van der Waals surface area (Å²) in [5, 5.41) is 8.82. The Labute approximate surface area is 137 Å². The van der Waals surface area contributed by atoms with Crippen LogP contribution in [-0.2, 0) is 0 Å². The van der Waals surface area contributed by atoms with Crippen LogP contribution >= 0.6 is 15.9 Å². The van der Waals surface area contributed by atoms with E-state index in [1.807, 2.05) is 19.9 Å². The van der Waals surface area contributed by atoms with Crippen LogP contribution in [0.4, 0.5) is 0 Å². The number of ether oxygens (including phenoxy) is 2. The number of hydrogen-bond donors (Lipinski definition) is 1. The molecule has 0 heterocycles. The molecule has 0 saturated heterocycles. The third-order valence-corrected chi connectivity index (χ3v) is 3.66. The monoisotopic (exact) mass is 364 g/mol. The molecule has 0 unspecified atom stereocenters. The van der Waals surface area contributed by atoms with Gasteiger partial charge in [-0.15, -0.1) is 0 Å². The fourth-order valence-corrected chi connectivity index (χ4v) is 2.87. The lowest BCUT2D eigenvalue weighted by Crippen LogP contribution is -2.10. The number of carbonyl (C=O) groups is 1. The van der Waals surface area contributed by atoms with E-state index >= 15 is 0 Å². The van der Waals surface area contributed by atoms with Crippen LogP contribution in [0, 0.1) is 13.8 Å². The number of aromatic carboxylic acids is 1. The normalized spacial score (nSPS) is 10.3. The van der Waals surface area contributed by atoms with Crippen molar-refractivity contribution in [3.8, 4) is 11.5 Å². The Morgan fingerprint density at radius 1 is 1.09 bits per heavy atom. The predicted molar refractivity (Wildman–Crippen MR) is 88.0 cm³/mol. The molecule has 116 valence electrons. The molecule has 2 aromatic carbocycles. The molecule has 0 aromatic heterocycles. The number of benzene rings is 2. The number of carboxylic acid groups (broad SMARTS) is 1. The Morgan fingerprint density at radius 2 is 1.73 bits per heavy atom. The summed E-state index contributed by atoms with van der Waals surface area (Å²) < 4.78 is 12.2. The lowest BCUT2D eigenvalue weighted by molar-refractivity contribution is 0.0697. The van der Waals surface area contributed by atoms with Crippen LogP contribution in [0.15, 0.2) is 40.9 Å². The number of halogens is 1. The molecule has 0 saturated carbocycles. The molecule has 0 aliphatic carbocycles. The molecule has 2 rings (SSSR count). The zero-order valence-electron chi connectivity index (χ0n) is 12.4. The Balaban J connectivity index is 1.86. The highest BCUT2D eigenvalue weighted by atomic mass is 79.9. The highest BCUT2D eigenvalue weighted by molar-refractivity contribution is 9.10. The summed E-state index contributed by atoms with van der Waals surface area (Å²) in [4.78, 5) is 10.8. The summed E-state index contributed by atoms with van der Waals surface area (Å²) in [5.41, 5.74) is 2.48. The van der Waals surface area contributed by atoms with Gasteiger partial charge >= 0.3 is 5.97 Å². The molecule has 4 nitrogen and oxygen atoms in total. The van der Waals surface area contributed by atoms with Gasteiger partial charge in [0, 0.05) is 0 Å². The zero-order valence-corrected chi connectivity index (χ0v) is 14.0. The molecule has 0 aliphatic heterocycles. The number of rotatable bonds is 6. The Hall–Kier alpha value is -2.01. The topological polar surface area (TPSA) is 55.8 Å². The smallest absolute Gasteiger partial charge is 0.335 e. The Kier molecular flexibility index (Phi) is 5.44. The highest BCUT2D eigenvalue weighted by Crippen LogP contribution is 2.30. The Morgan fingerprint density at radius 3 is 2.32 bits per heavy atom. The second-order valence-corrected chi connectivity index (χ2v) is 5.77. The van der Waals surface area contributed by atoms with E-state index in [-0.39, 0.29) is 5.56 Å². The van der Waals surface area contributed by atoms with E-state index in [0.717, 1.165) is 15.8 Å². The predicted octanol–water partition coefficient (Wildman–Crippen LogP) is 4.22. The summed E-state index contributed by atoms with van der Waals surface area (Å²) in [6.07, 6.45) is 0. The van der Waals surface area contributed by atoms with Crippen molar-refractivity contribution in [1.29, 1.82) is 0 Å².